The predicted octanol–water partition coefficient (Wildman–Crippen LogP) is 1.81. The molecule has 1 aromatic heterocycles. The van der Waals surface area contributed by atoms with Crippen molar-refractivity contribution in [2.24, 2.45) is 0 Å². The highest BCUT2D eigenvalue weighted by molar-refractivity contribution is 5.87. The molecule has 1 aliphatic heterocycles. The van der Waals surface area contributed by atoms with Crippen molar-refractivity contribution in [1.29, 1.82) is 0 Å². The molecule has 1 fully saturated rings. The van der Waals surface area contributed by atoms with E-state index in [4.69, 9.17) is 5.11 Å². The van der Waals surface area contributed by atoms with Crippen LogP contribution in [0.4, 0.5) is 10.2 Å². The summed E-state index contributed by atoms with van der Waals surface area (Å²) in [5.74, 6) is -0.599. The van der Waals surface area contributed by atoms with Crippen molar-refractivity contribution in [2.45, 2.75) is 6.42 Å². The van der Waals surface area contributed by atoms with Crippen LogP contribution in [0, 0.1) is 5.82 Å². The molecule has 0 bridgehead atoms. The van der Waals surface area contributed by atoms with Gasteiger partial charge in [-0.05, 0) is 29.8 Å². The number of carboxylic acids is 1. The number of nitrogens with zero attached hydrogens (tertiary/aromatic N) is 3. The van der Waals surface area contributed by atoms with Crippen molar-refractivity contribution in [2.75, 3.05) is 31.1 Å². The molecule has 1 N–H and O–H groups in total. The Hall–Kier alpha value is -2.96. The maximum Gasteiger partial charge on any atom is 0.337 e. The molecule has 2 aromatic rings. The second-order valence-corrected chi connectivity index (χ2v) is 5.88. The molecule has 0 aliphatic carbocycles. The van der Waals surface area contributed by atoms with Gasteiger partial charge in [0.1, 0.15) is 11.6 Å². The summed E-state index contributed by atoms with van der Waals surface area (Å²) in [5, 5.41) is 8.90. The van der Waals surface area contributed by atoms with Gasteiger partial charge in [-0.1, -0.05) is 12.1 Å². The molecule has 1 saturated heterocycles. The molecule has 25 heavy (non-hydrogen) atoms. The largest absolute Gasteiger partial charge is 0.478 e. The number of benzene rings is 1. The summed E-state index contributed by atoms with van der Waals surface area (Å²) in [6, 6.07) is 9.16. The summed E-state index contributed by atoms with van der Waals surface area (Å²) in [5.41, 5.74) is 0.941. The van der Waals surface area contributed by atoms with Gasteiger partial charge in [-0.15, -0.1) is 0 Å². The summed E-state index contributed by atoms with van der Waals surface area (Å²) in [4.78, 5) is 31.2. The lowest BCUT2D eigenvalue weighted by atomic mass is 10.1. The number of anilines is 1. The maximum atomic E-state index is 12.9. The lowest BCUT2D eigenvalue weighted by Gasteiger charge is -2.35. The SMILES string of the molecule is O=C(O)c1ccc(N2CCN(C(=O)Cc3ccc(F)cc3)CC2)nc1. The van der Waals surface area contributed by atoms with E-state index in [-0.39, 0.29) is 23.7 Å². The molecule has 1 amide bonds. The minimum absolute atomic E-state index is 0.0143. The average molecular weight is 343 g/mol. The predicted molar refractivity (Wildman–Crippen MR) is 90.1 cm³/mol. The maximum absolute atomic E-state index is 12.9. The number of pyridine rings is 1. The van der Waals surface area contributed by atoms with Crippen molar-refractivity contribution in [1.82, 2.24) is 9.88 Å². The molecule has 7 heteroatoms. The first-order valence-corrected chi connectivity index (χ1v) is 7.99. The number of halogens is 1. The summed E-state index contributed by atoms with van der Waals surface area (Å²) in [7, 11) is 0. The van der Waals surface area contributed by atoms with Gasteiger partial charge in [0.15, 0.2) is 0 Å². The third-order valence-electron chi connectivity index (χ3n) is 4.22. The molecule has 6 nitrogen and oxygen atoms in total. The van der Waals surface area contributed by atoms with Crippen molar-refractivity contribution >= 4 is 17.7 Å². The number of rotatable bonds is 4. The van der Waals surface area contributed by atoms with Gasteiger partial charge < -0.3 is 14.9 Å². The van der Waals surface area contributed by atoms with Crippen LogP contribution in [0.1, 0.15) is 15.9 Å². The zero-order valence-electron chi connectivity index (χ0n) is 13.6. The number of piperazine rings is 1. The van der Waals surface area contributed by atoms with Crippen LogP contribution >= 0.6 is 0 Å². The minimum Gasteiger partial charge on any atom is -0.478 e. The Morgan fingerprint density at radius 3 is 2.28 bits per heavy atom. The fraction of sp³-hybridized carbons (Fsp3) is 0.278. The van der Waals surface area contributed by atoms with E-state index in [2.05, 4.69) is 4.98 Å². The smallest absolute Gasteiger partial charge is 0.337 e. The van der Waals surface area contributed by atoms with Gasteiger partial charge in [0.25, 0.3) is 0 Å². The third kappa shape index (κ3) is 4.12. The fourth-order valence-electron chi connectivity index (χ4n) is 2.77. The van der Waals surface area contributed by atoms with Crippen molar-refractivity contribution < 1.29 is 19.1 Å². The molecule has 1 aromatic carbocycles. The highest BCUT2D eigenvalue weighted by atomic mass is 19.1. The molecule has 2 heterocycles. The number of aromatic carboxylic acids is 1. The summed E-state index contributed by atoms with van der Waals surface area (Å²) < 4.78 is 12.9. The first kappa shape index (κ1) is 16.9. The molecule has 1 aliphatic rings. The topological polar surface area (TPSA) is 73.7 Å². The Kier molecular flexibility index (Phi) is 4.92. The molecule has 0 radical (unpaired) electrons. The number of carbonyl (C=O) groups is 2. The number of carboxylic acid groups (broad SMARTS) is 1. The third-order valence-corrected chi connectivity index (χ3v) is 4.22. The second kappa shape index (κ2) is 7.29. The molecule has 0 spiro atoms. The molecular formula is C18H18FN3O3. The van der Waals surface area contributed by atoms with Crippen molar-refractivity contribution in [3.8, 4) is 0 Å². The van der Waals surface area contributed by atoms with Crippen LogP contribution in [0.3, 0.4) is 0 Å². The lowest BCUT2D eigenvalue weighted by Crippen LogP contribution is -2.49. The first-order chi connectivity index (χ1) is 12.0. The van der Waals surface area contributed by atoms with E-state index in [1.807, 2.05) is 4.90 Å². The highest BCUT2D eigenvalue weighted by Crippen LogP contribution is 2.15. The summed E-state index contributed by atoms with van der Waals surface area (Å²) >= 11 is 0. The normalized spacial score (nSPS) is 14.4. The van der Waals surface area contributed by atoms with E-state index in [9.17, 15) is 14.0 Å². The highest BCUT2D eigenvalue weighted by Gasteiger charge is 2.22. The van der Waals surface area contributed by atoms with E-state index in [0.29, 0.717) is 32.0 Å². The van der Waals surface area contributed by atoms with Crippen LogP contribution in [0.25, 0.3) is 0 Å². The number of amides is 1. The number of carbonyl (C=O) groups excluding carboxylic acids is 1. The Balaban J connectivity index is 1.55. The second-order valence-electron chi connectivity index (χ2n) is 5.88. The lowest BCUT2D eigenvalue weighted by molar-refractivity contribution is -0.130. The first-order valence-electron chi connectivity index (χ1n) is 7.99. The van der Waals surface area contributed by atoms with Crippen molar-refractivity contribution in [3.05, 3.63) is 59.5 Å². The van der Waals surface area contributed by atoms with Gasteiger partial charge in [0, 0.05) is 32.4 Å². The van der Waals surface area contributed by atoms with Crippen LogP contribution in [0.2, 0.25) is 0 Å². The van der Waals surface area contributed by atoms with Gasteiger partial charge in [-0.25, -0.2) is 14.2 Å². The molecular weight excluding hydrogens is 325 g/mol. The van der Waals surface area contributed by atoms with Crippen LogP contribution in [-0.2, 0) is 11.2 Å². The number of hydrogen-bond donors (Lipinski definition) is 1. The van der Waals surface area contributed by atoms with Gasteiger partial charge in [0.2, 0.25) is 5.91 Å². The van der Waals surface area contributed by atoms with Crippen LogP contribution < -0.4 is 4.90 Å². The van der Waals surface area contributed by atoms with Crippen LogP contribution in [0.5, 0.6) is 0 Å². The Morgan fingerprint density at radius 2 is 1.72 bits per heavy atom. The van der Waals surface area contributed by atoms with E-state index in [1.165, 1.54) is 24.4 Å². The molecule has 130 valence electrons. The van der Waals surface area contributed by atoms with Gasteiger partial charge in [0.05, 0.1) is 12.0 Å². The van der Waals surface area contributed by atoms with Gasteiger partial charge >= 0.3 is 5.97 Å². The molecule has 0 atom stereocenters. The molecule has 3 rings (SSSR count). The monoisotopic (exact) mass is 343 g/mol. The van der Waals surface area contributed by atoms with Gasteiger partial charge in [-0.3, -0.25) is 4.79 Å². The van der Waals surface area contributed by atoms with E-state index in [0.717, 1.165) is 5.56 Å². The van der Waals surface area contributed by atoms with E-state index < -0.39 is 5.97 Å². The summed E-state index contributed by atoms with van der Waals surface area (Å²) in [6.45, 7) is 2.41. The summed E-state index contributed by atoms with van der Waals surface area (Å²) in [6.07, 6.45) is 1.59. The van der Waals surface area contributed by atoms with Gasteiger partial charge in [-0.2, -0.15) is 0 Å². The zero-order valence-corrected chi connectivity index (χ0v) is 13.6. The van der Waals surface area contributed by atoms with Crippen LogP contribution in [0.15, 0.2) is 42.6 Å². The fourth-order valence-corrected chi connectivity index (χ4v) is 2.77. The van der Waals surface area contributed by atoms with Crippen molar-refractivity contribution in [3.63, 3.8) is 0 Å². The molecule has 0 saturated carbocycles. The zero-order chi connectivity index (χ0) is 17.8. The Morgan fingerprint density at radius 1 is 1.04 bits per heavy atom. The Labute approximate surface area is 144 Å². The quantitative estimate of drug-likeness (QED) is 0.916. The Bertz CT molecular complexity index is 754. The average Bonchev–Trinajstić information content (AvgIpc) is 2.64. The standard InChI is InChI=1S/C18H18FN3O3/c19-15-4-1-13(2-5-15)11-17(23)22-9-7-21(8-10-22)16-6-3-14(12-20-16)18(24)25/h1-6,12H,7-11H2,(H,24,25). The van der Waals surface area contributed by atoms with Crippen LogP contribution in [-0.4, -0.2) is 53.0 Å². The number of aromatic nitrogens is 1. The number of hydrogen-bond acceptors (Lipinski definition) is 4. The minimum atomic E-state index is -1.00. The van der Waals surface area contributed by atoms with E-state index >= 15 is 0 Å². The van der Waals surface area contributed by atoms with E-state index in [1.54, 1.807) is 23.1 Å². The molecule has 0 unspecified atom stereocenters.